The van der Waals surface area contributed by atoms with Gasteiger partial charge in [-0.2, -0.15) is 0 Å². The number of aliphatic carboxylic acids is 1. The molecule has 1 aliphatic heterocycles. The average molecular weight is 665 g/mol. The minimum absolute atomic E-state index is 0.0590. The molecule has 1 aromatic rings. The van der Waals surface area contributed by atoms with Crippen LogP contribution in [0, 0.1) is 5.82 Å². The molecule has 0 bridgehead atoms. The van der Waals surface area contributed by atoms with Gasteiger partial charge >= 0.3 is 12.0 Å². The molecule has 3 atom stereocenters. The summed E-state index contributed by atoms with van der Waals surface area (Å²) >= 11 is 0. The normalized spacial score (nSPS) is 15.5. The number of nitrogens with two attached hydrogens (primary N) is 2. The number of unbranched alkanes of at least 4 members (excludes halogenated alkanes) is 2. The van der Waals surface area contributed by atoms with Gasteiger partial charge in [-0.05, 0) is 89.2 Å². The summed E-state index contributed by atoms with van der Waals surface area (Å²) in [6, 6.07) is 3.17. The Morgan fingerprint density at radius 2 is 1.55 bits per heavy atom. The molecule has 14 nitrogen and oxygen atoms in total. The van der Waals surface area contributed by atoms with Crippen LogP contribution in [0.1, 0.15) is 57.4 Å². The van der Waals surface area contributed by atoms with E-state index in [0.717, 1.165) is 12.0 Å². The number of hydrogen-bond acceptors (Lipinski definition) is 8. The monoisotopic (exact) mass is 664 g/mol. The van der Waals surface area contributed by atoms with Gasteiger partial charge in [0.05, 0.1) is 12.6 Å². The predicted molar refractivity (Wildman–Crippen MR) is 176 cm³/mol. The number of primary amides is 1. The van der Waals surface area contributed by atoms with E-state index in [2.05, 4.69) is 16.0 Å². The summed E-state index contributed by atoms with van der Waals surface area (Å²) in [5.41, 5.74) is 11.9. The Kier molecular flexibility index (Phi) is 17.7. The first kappa shape index (κ1) is 39.4. The van der Waals surface area contributed by atoms with Crippen molar-refractivity contribution in [1.29, 1.82) is 0 Å². The van der Waals surface area contributed by atoms with E-state index in [1.54, 1.807) is 21.9 Å². The lowest BCUT2D eigenvalue weighted by molar-refractivity contribution is -0.138. The van der Waals surface area contributed by atoms with Gasteiger partial charge in [0.2, 0.25) is 17.7 Å². The molecule has 264 valence electrons. The molecule has 0 saturated carbocycles. The van der Waals surface area contributed by atoms with Crippen molar-refractivity contribution in [1.82, 2.24) is 30.7 Å². The molecule has 0 radical (unpaired) electrons. The van der Waals surface area contributed by atoms with Crippen LogP contribution in [0.4, 0.5) is 9.18 Å². The summed E-state index contributed by atoms with van der Waals surface area (Å²) in [6.45, 7) is 5.13. The second-order valence-electron chi connectivity index (χ2n) is 12.0. The number of benzene rings is 1. The summed E-state index contributed by atoms with van der Waals surface area (Å²) in [6.07, 6.45) is 3.92. The molecular weight excluding hydrogens is 611 g/mol. The lowest BCUT2D eigenvalue weighted by Crippen LogP contribution is -2.56. The summed E-state index contributed by atoms with van der Waals surface area (Å²) in [7, 11) is 1.82. The van der Waals surface area contributed by atoms with Gasteiger partial charge in [0.15, 0.2) is 0 Å². The van der Waals surface area contributed by atoms with Crippen LogP contribution < -0.4 is 27.4 Å². The summed E-state index contributed by atoms with van der Waals surface area (Å²) < 4.78 is 13.5. The molecule has 0 aliphatic carbocycles. The third-order valence-electron chi connectivity index (χ3n) is 8.21. The Morgan fingerprint density at radius 3 is 2.15 bits per heavy atom. The lowest BCUT2D eigenvalue weighted by Gasteiger charge is -2.33. The van der Waals surface area contributed by atoms with Crippen LogP contribution in [0.3, 0.4) is 0 Å². The van der Waals surface area contributed by atoms with Crippen molar-refractivity contribution in [3.05, 3.63) is 35.6 Å². The number of urea groups is 1. The van der Waals surface area contributed by atoms with Crippen LogP contribution in [0.5, 0.6) is 0 Å². The molecule has 2 rings (SSSR count). The van der Waals surface area contributed by atoms with E-state index in [1.165, 1.54) is 12.1 Å². The van der Waals surface area contributed by atoms with Gasteiger partial charge in [-0.3, -0.25) is 29.0 Å². The number of hydrogen-bond donors (Lipinski definition) is 6. The molecule has 0 unspecified atom stereocenters. The maximum absolute atomic E-state index is 13.7. The molecule has 1 heterocycles. The molecule has 8 N–H and O–H groups in total. The number of carbonyl (C=O) groups excluding carboxylic acids is 4. The first-order valence-electron chi connectivity index (χ1n) is 16.5. The first-order chi connectivity index (χ1) is 22.4. The summed E-state index contributed by atoms with van der Waals surface area (Å²) in [5.74, 6) is -2.86. The molecule has 15 heteroatoms. The Hall–Kier alpha value is -3.82. The van der Waals surface area contributed by atoms with E-state index >= 15 is 0 Å². The van der Waals surface area contributed by atoms with Crippen molar-refractivity contribution in [2.45, 2.75) is 76.4 Å². The van der Waals surface area contributed by atoms with Crippen LogP contribution in [0.2, 0.25) is 0 Å². The van der Waals surface area contributed by atoms with Gasteiger partial charge < -0.3 is 37.4 Å². The number of halogens is 1. The third-order valence-corrected chi connectivity index (χ3v) is 8.21. The smallest absolute Gasteiger partial charge is 0.317 e. The molecule has 1 aromatic carbocycles. The summed E-state index contributed by atoms with van der Waals surface area (Å²) in [5, 5.41) is 17.4. The second kappa shape index (κ2) is 21.1. The van der Waals surface area contributed by atoms with E-state index < -0.39 is 35.9 Å². The molecule has 1 aliphatic rings. The van der Waals surface area contributed by atoms with Gasteiger partial charge in [0.1, 0.15) is 17.9 Å². The highest BCUT2D eigenvalue weighted by molar-refractivity contribution is 5.92. The van der Waals surface area contributed by atoms with Gasteiger partial charge in [-0.1, -0.05) is 19.1 Å². The van der Waals surface area contributed by atoms with E-state index in [9.17, 15) is 28.4 Å². The maximum atomic E-state index is 13.7. The summed E-state index contributed by atoms with van der Waals surface area (Å²) in [4.78, 5) is 68.1. The van der Waals surface area contributed by atoms with Crippen molar-refractivity contribution in [2.24, 2.45) is 11.5 Å². The van der Waals surface area contributed by atoms with Crippen molar-refractivity contribution in [2.75, 3.05) is 59.4 Å². The molecule has 5 amide bonds. The molecule has 1 fully saturated rings. The number of piperazine rings is 1. The minimum atomic E-state index is -0.970. The minimum Gasteiger partial charge on any atom is -0.480 e. The van der Waals surface area contributed by atoms with Gasteiger partial charge in [-0.25, -0.2) is 9.18 Å². The maximum Gasteiger partial charge on any atom is 0.317 e. The Balaban J connectivity index is 2.05. The van der Waals surface area contributed by atoms with Gasteiger partial charge in [0, 0.05) is 32.7 Å². The Labute approximate surface area is 276 Å². The molecular formula is C32H53FN8O6. The van der Waals surface area contributed by atoms with E-state index in [-0.39, 0.29) is 30.7 Å². The predicted octanol–water partition coefficient (Wildman–Crippen LogP) is 0.245. The van der Waals surface area contributed by atoms with Crippen molar-refractivity contribution < 1.29 is 33.5 Å². The number of carbonyl (C=O) groups is 5. The van der Waals surface area contributed by atoms with Crippen molar-refractivity contribution in [3.8, 4) is 0 Å². The fourth-order valence-corrected chi connectivity index (χ4v) is 5.47. The number of amides is 5. The number of nitrogens with zero attached hydrogens (tertiary/aromatic N) is 3. The quantitative estimate of drug-likeness (QED) is 0.0996. The topological polar surface area (TPSA) is 203 Å². The highest BCUT2D eigenvalue weighted by atomic mass is 19.1. The van der Waals surface area contributed by atoms with Crippen LogP contribution in [-0.4, -0.2) is 127 Å². The largest absolute Gasteiger partial charge is 0.480 e. The van der Waals surface area contributed by atoms with Crippen LogP contribution in [0.25, 0.3) is 0 Å². The van der Waals surface area contributed by atoms with E-state index in [4.69, 9.17) is 16.6 Å². The van der Waals surface area contributed by atoms with Crippen molar-refractivity contribution in [3.63, 3.8) is 0 Å². The molecule has 1 saturated heterocycles. The zero-order chi connectivity index (χ0) is 34.8. The highest BCUT2D eigenvalue weighted by Gasteiger charge is 2.30. The number of likely N-dealkylation sites (N-methyl/N-ethyl adjacent to an activating group) is 1. The highest BCUT2D eigenvalue weighted by Crippen LogP contribution is 2.12. The zero-order valence-corrected chi connectivity index (χ0v) is 27.7. The fourth-order valence-electron chi connectivity index (χ4n) is 5.47. The first-order valence-corrected chi connectivity index (χ1v) is 16.5. The third kappa shape index (κ3) is 14.6. The van der Waals surface area contributed by atoms with E-state index in [0.29, 0.717) is 84.3 Å². The number of rotatable bonds is 21. The van der Waals surface area contributed by atoms with Crippen LogP contribution in [0.15, 0.2) is 24.3 Å². The number of carboxylic acids is 1. The van der Waals surface area contributed by atoms with Crippen LogP contribution in [-0.2, 0) is 25.6 Å². The van der Waals surface area contributed by atoms with Crippen LogP contribution >= 0.6 is 0 Å². The lowest BCUT2D eigenvalue weighted by atomic mass is 10.0. The van der Waals surface area contributed by atoms with Crippen molar-refractivity contribution >= 4 is 29.7 Å². The zero-order valence-electron chi connectivity index (χ0n) is 27.7. The Morgan fingerprint density at radius 1 is 0.936 bits per heavy atom. The molecule has 0 aromatic heterocycles. The standard InChI is InChI=1S/C32H53FN8O6/c1-3-16-39(2)27(21-23-10-12-24(33)13-11-23)31(46)38-26(30(45)37-25(29(35)44)8-4-6-14-34)9-5-7-15-36-32(47)41-19-17-40(18-20-41)22-28(42)43/h10-13,25-27H,3-9,14-22,34H2,1-2H3,(H2,35,44)(H,36,47)(H,37,45)(H,38,46)(H,42,43)/t25-,26+,27+/m1/s1. The Bertz CT molecular complexity index is 1150. The molecule has 47 heavy (non-hydrogen) atoms. The van der Waals surface area contributed by atoms with Gasteiger partial charge in [0.25, 0.3) is 0 Å². The fraction of sp³-hybridized carbons (Fsp3) is 0.656. The SMILES string of the molecule is CCCN(C)[C@@H](Cc1ccc(F)cc1)C(=O)N[C@@H](CCCCNC(=O)N1CCN(CC(=O)O)CC1)C(=O)N[C@H](CCCCN)C(N)=O. The van der Waals surface area contributed by atoms with Gasteiger partial charge in [-0.15, -0.1) is 0 Å². The number of nitrogens with one attached hydrogen (secondary N) is 3. The number of carboxylic acid groups (broad SMARTS) is 1. The second-order valence-corrected chi connectivity index (χ2v) is 12.0. The average Bonchev–Trinajstić information content (AvgIpc) is 3.03. The van der Waals surface area contributed by atoms with E-state index in [1.807, 2.05) is 18.9 Å². The molecule has 0 spiro atoms.